The summed E-state index contributed by atoms with van der Waals surface area (Å²) in [6.07, 6.45) is 0. The van der Waals surface area contributed by atoms with Crippen LogP contribution >= 0.6 is 0 Å². The van der Waals surface area contributed by atoms with Crippen LogP contribution in [0.15, 0.2) is 6.07 Å². The van der Waals surface area contributed by atoms with Crippen molar-refractivity contribution in [3.05, 3.63) is 34.5 Å². The largest absolute Gasteiger partial charge is 0.365 e. The van der Waals surface area contributed by atoms with E-state index in [1.807, 2.05) is 6.07 Å². The maximum Gasteiger partial charge on any atom is 0.253 e. The minimum Gasteiger partial charge on any atom is -0.365 e. The van der Waals surface area contributed by atoms with Gasteiger partial charge in [0.1, 0.15) is 11.6 Å². The van der Waals surface area contributed by atoms with Crippen molar-refractivity contribution in [1.82, 2.24) is 4.98 Å². The van der Waals surface area contributed by atoms with Gasteiger partial charge in [-0.25, -0.2) is 8.78 Å². The SMILES string of the molecule is Cc1[nH]c2c(C(N)=O)c(F)c(F)cc2c1C#N. The Bertz CT molecular complexity index is 682. The highest BCUT2D eigenvalue weighted by atomic mass is 19.2. The molecular weight excluding hydrogens is 228 g/mol. The molecule has 1 aromatic carbocycles. The molecule has 0 bridgehead atoms. The molecule has 2 rings (SSSR count). The number of nitrogens with zero attached hydrogens (tertiary/aromatic N) is 1. The normalized spacial score (nSPS) is 10.5. The first-order chi connectivity index (χ1) is 7.97. The number of carbonyl (C=O) groups excluding carboxylic acids is 1. The minimum absolute atomic E-state index is 0.0467. The van der Waals surface area contributed by atoms with Crippen LogP contribution in [-0.4, -0.2) is 10.9 Å². The fourth-order valence-corrected chi connectivity index (χ4v) is 1.78. The van der Waals surface area contributed by atoms with Gasteiger partial charge in [0, 0.05) is 11.1 Å². The predicted octanol–water partition coefficient (Wildman–Crippen LogP) is 1.73. The number of nitriles is 1. The second-order valence-corrected chi connectivity index (χ2v) is 3.57. The highest BCUT2D eigenvalue weighted by molar-refractivity contribution is 6.06. The molecule has 0 radical (unpaired) electrons. The Morgan fingerprint density at radius 1 is 1.53 bits per heavy atom. The standard InChI is InChI=1S/C11H7F2N3O/c1-4-6(3-14)5-2-7(12)9(13)8(11(15)17)10(5)16-4/h2,16H,1H3,(H2,15,17). The lowest BCUT2D eigenvalue weighted by Crippen LogP contribution is -2.15. The van der Waals surface area contributed by atoms with Gasteiger partial charge in [0.05, 0.1) is 11.1 Å². The van der Waals surface area contributed by atoms with Crippen molar-refractivity contribution in [2.75, 3.05) is 0 Å². The second-order valence-electron chi connectivity index (χ2n) is 3.57. The summed E-state index contributed by atoms with van der Waals surface area (Å²) in [5.41, 5.74) is 5.08. The number of hydrogen-bond donors (Lipinski definition) is 2. The Morgan fingerprint density at radius 3 is 2.71 bits per heavy atom. The molecule has 1 amide bonds. The summed E-state index contributed by atoms with van der Waals surface area (Å²) in [4.78, 5) is 13.8. The lowest BCUT2D eigenvalue weighted by molar-refractivity contribution is 0.0997. The molecule has 1 aromatic heterocycles. The van der Waals surface area contributed by atoms with E-state index < -0.39 is 23.1 Å². The summed E-state index contributed by atoms with van der Waals surface area (Å²) in [7, 11) is 0. The Balaban J connectivity index is 3.03. The molecule has 0 saturated heterocycles. The molecule has 3 N–H and O–H groups in total. The second kappa shape index (κ2) is 3.56. The molecule has 6 heteroatoms. The van der Waals surface area contributed by atoms with Crippen molar-refractivity contribution in [2.45, 2.75) is 6.92 Å². The van der Waals surface area contributed by atoms with Crippen molar-refractivity contribution in [3.8, 4) is 6.07 Å². The van der Waals surface area contributed by atoms with Crippen molar-refractivity contribution in [1.29, 1.82) is 5.26 Å². The maximum absolute atomic E-state index is 13.4. The summed E-state index contributed by atoms with van der Waals surface area (Å²) in [5, 5.41) is 9.04. The van der Waals surface area contributed by atoms with Crippen LogP contribution in [0.2, 0.25) is 0 Å². The van der Waals surface area contributed by atoms with Gasteiger partial charge in [-0.05, 0) is 13.0 Å². The number of amides is 1. The molecule has 0 fully saturated rings. The lowest BCUT2D eigenvalue weighted by Gasteiger charge is -2.01. The summed E-state index contributed by atoms with van der Waals surface area (Å²) in [5.74, 6) is -3.60. The topological polar surface area (TPSA) is 82.7 Å². The van der Waals surface area contributed by atoms with Gasteiger partial charge in [-0.3, -0.25) is 4.79 Å². The van der Waals surface area contributed by atoms with Crippen LogP contribution in [0.4, 0.5) is 8.78 Å². The molecule has 0 aliphatic heterocycles. The number of halogens is 2. The Hall–Kier alpha value is -2.42. The third-order valence-corrected chi connectivity index (χ3v) is 2.53. The molecule has 1 heterocycles. The van der Waals surface area contributed by atoms with E-state index in [0.29, 0.717) is 5.69 Å². The van der Waals surface area contributed by atoms with Crippen LogP contribution in [0, 0.1) is 29.9 Å². The number of benzene rings is 1. The van der Waals surface area contributed by atoms with Crippen LogP contribution < -0.4 is 5.73 Å². The average Bonchev–Trinajstić information content (AvgIpc) is 2.54. The number of aromatic nitrogens is 1. The van der Waals surface area contributed by atoms with Gasteiger partial charge in [0.25, 0.3) is 5.91 Å². The highest BCUT2D eigenvalue weighted by Crippen LogP contribution is 2.27. The van der Waals surface area contributed by atoms with Crippen LogP contribution in [0.25, 0.3) is 10.9 Å². The van der Waals surface area contributed by atoms with Crippen molar-refractivity contribution < 1.29 is 13.6 Å². The molecule has 0 spiro atoms. The fraction of sp³-hybridized carbons (Fsp3) is 0.0909. The van der Waals surface area contributed by atoms with Gasteiger partial charge in [-0.1, -0.05) is 0 Å². The van der Waals surface area contributed by atoms with E-state index in [9.17, 15) is 13.6 Å². The zero-order valence-corrected chi connectivity index (χ0v) is 8.77. The number of carbonyl (C=O) groups is 1. The van der Waals surface area contributed by atoms with Gasteiger partial charge in [0.2, 0.25) is 0 Å². The first kappa shape index (κ1) is 11.1. The monoisotopic (exact) mass is 235 g/mol. The molecular formula is C11H7F2N3O. The molecule has 2 aromatic rings. The van der Waals surface area contributed by atoms with Crippen LogP contribution in [0.1, 0.15) is 21.6 Å². The number of fused-ring (bicyclic) bond motifs is 1. The van der Waals surface area contributed by atoms with E-state index in [1.54, 1.807) is 6.92 Å². The van der Waals surface area contributed by atoms with Crippen molar-refractivity contribution in [2.24, 2.45) is 5.73 Å². The molecule has 0 atom stereocenters. The van der Waals surface area contributed by atoms with Gasteiger partial charge in [-0.15, -0.1) is 0 Å². The van der Waals surface area contributed by atoms with E-state index in [1.165, 1.54) is 0 Å². The number of primary amides is 1. The summed E-state index contributed by atoms with van der Waals surface area (Å²) >= 11 is 0. The Morgan fingerprint density at radius 2 is 2.18 bits per heavy atom. The van der Waals surface area contributed by atoms with Gasteiger partial charge >= 0.3 is 0 Å². The zero-order valence-electron chi connectivity index (χ0n) is 8.77. The Kier molecular flexibility index (Phi) is 2.32. The van der Waals surface area contributed by atoms with Crippen LogP contribution in [0.3, 0.4) is 0 Å². The molecule has 17 heavy (non-hydrogen) atoms. The number of H-pyrrole nitrogens is 1. The zero-order chi connectivity index (χ0) is 12.7. The molecule has 0 saturated carbocycles. The third kappa shape index (κ3) is 1.44. The van der Waals surface area contributed by atoms with E-state index in [0.717, 1.165) is 6.07 Å². The molecule has 4 nitrogen and oxygen atoms in total. The number of hydrogen-bond acceptors (Lipinski definition) is 2. The smallest absolute Gasteiger partial charge is 0.253 e. The first-order valence-corrected chi connectivity index (χ1v) is 4.67. The summed E-state index contributed by atoms with van der Waals surface area (Å²) in [6.45, 7) is 1.57. The maximum atomic E-state index is 13.4. The fourth-order valence-electron chi connectivity index (χ4n) is 1.78. The molecule has 86 valence electrons. The van der Waals surface area contributed by atoms with E-state index >= 15 is 0 Å². The van der Waals surface area contributed by atoms with Gasteiger partial charge < -0.3 is 10.7 Å². The minimum atomic E-state index is -1.31. The first-order valence-electron chi connectivity index (χ1n) is 4.67. The number of rotatable bonds is 1. The number of aryl methyl sites for hydroxylation is 1. The molecule has 0 unspecified atom stereocenters. The summed E-state index contributed by atoms with van der Waals surface area (Å²) < 4.78 is 26.7. The molecule has 0 aliphatic carbocycles. The van der Waals surface area contributed by atoms with E-state index in [2.05, 4.69) is 4.98 Å². The number of aromatic amines is 1. The van der Waals surface area contributed by atoms with Gasteiger partial charge in [-0.2, -0.15) is 5.26 Å². The summed E-state index contributed by atoms with van der Waals surface area (Å²) in [6, 6.07) is 2.73. The van der Waals surface area contributed by atoms with Crippen LogP contribution in [0.5, 0.6) is 0 Å². The van der Waals surface area contributed by atoms with E-state index in [-0.39, 0.29) is 16.5 Å². The van der Waals surface area contributed by atoms with Gasteiger partial charge in [0.15, 0.2) is 11.6 Å². The van der Waals surface area contributed by atoms with Crippen molar-refractivity contribution in [3.63, 3.8) is 0 Å². The van der Waals surface area contributed by atoms with Crippen LogP contribution in [-0.2, 0) is 0 Å². The molecule has 0 aliphatic rings. The number of nitrogens with one attached hydrogen (secondary N) is 1. The third-order valence-electron chi connectivity index (χ3n) is 2.53. The predicted molar refractivity (Wildman–Crippen MR) is 56.2 cm³/mol. The van der Waals surface area contributed by atoms with Crippen molar-refractivity contribution >= 4 is 16.8 Å². The average molecular weight is 235 g/mol. The Labute approximate surface area is 94.6 Å². The quantitative estimate of drug-likeness (QED) is 0.788. The highest BCUT2D eigenvalue weighted by Gasteiger charge is 2.21. The van der Waals surface area contributed by atoms with E-state index in [4.69, 9.17) is 11.0 Å². The number of nitrogens with two attached hydrogens (primary N) is 1. The lowest BCUT2D eigenvalue weighted by atomic mass is 10.1.